The number of carbonyl (C=O) groups excluding carboxylic acids is 2. The molecule has 2 aromatic heterocycles. The number of urea groups is 1. The number of hydrogen-bond acceptors (Lipinski definition) is 7. The van der Waals surface area contributed by atoms with Crippen molar-refractivity contribution in [2.75, 3.05) is 6.67 Å². The predicted octanol–water partition coefficient (Wildman–Crippen LogP) is 1.28. The maximum absolute atomic E-state index is 13.4. The van der Waals surface area contributed by atoms with E-state index in [1.165, 1.54) is 34.1 Å². The third-order valence-electron chi connectivity index (χ3n) is 6.00. The molecule has 2 aliphatic carbocycles. The Morgan fingerprint density at radius 2 is 2.12 bits per heavy atom. The molecule has 1 atom stereocenters. The maximum atomic E-state index is 13.4. The van der Waals surface area contributed by atoms with Crippen molar-refractivity contribution in [1.82, 2.24) is 24.4 Å². The van der Waals surface area contributed by atoms with E-state index >= 15 is 0 Å². The van der Waals surface area contributed by atoms with Gasteiger partial charge in [-0.3, -0.25) is 9.67 Å². The summed E-state index contributed by atoms with van der Waals surface area (Å²) in [7, 11) is -2.25. The van der Waals surface area contributed by atoms with Crippen molar-refractivity contribution in [3.63, 3.8) is 0 Å². The Balaban J connectivity index is 1.53. The summed E-state index contributed by atoms with van der Waals surface area (Å²) in [6.45, 7) is -0.622. The van der Waals surface area contributed by atoms with E-state index in [0.29, 0.717) is 24.1 Å². The molecule has 0 saturated heterocycles. The monoisotopic (exact) mass is 505 g/mol. The second-order valence-corrected chi connectivity index (χ2v) is 11.4. The first-order valence-electron chi connectivity index (χ1n) is 10.6. The minimum Gasteiger partial charge on any atom is -0.275 e. The van der Waals surface area contributed by atoms with Gasteiger partial charge < -0.3 is 0 Å². The Bertz CT molecular complexity index is 1360. The summed E-state index contributed by atoms with van der Waals surface area (Å²) in [6, 6.07) is -0.521. The molecule has 13 heteroatoms. The van der Waals surface area contributed by atoms with Gasteiger partial charge in [0.05, 0.1) is 22.1 Å². The number of sulfonamides is 1. The van der Waals surface area contributed by atoms with Gasteiger partial charge in [0.2, 0.25) is 10.0 Å². The van der Waals surface area contributed by atoms with E-state index in [1.54, 1.807) is 35.8 Å². The first-order valence-corrected chi connectivity index (χ1v) is 13.0. The van der Waals surface area contributed by atoms with Crippen LogP contribution in [0.5, 0.6) is 0 Å². The second kappa shape index (κ2) is 8.32. The number of imide groups is 1. The first-order chi connectivity index (χ1) is 16.2. The molecule has 1 unspecified atom stereocenters. The van der Waals surface area contributed by atoms with Crippen LogP contribution in [0.3, 0.4) is 0 Å². The van der Waals surface area contributed by atoms with E-state index in [2.05, 4.69) is 14.8 Å². The molecule has 178 valence electrons. The molecule has 5 rings (SSSR count). The van der Waals surface area contributed by atoms with Crippen LogP contribution in [0, 0.1) is 0 Å². The number of aromatic nitrogens is 3. The third-order valence-corrected chi connectivity index (χ3v) is 8.49. The zero-order chi connectivity index (χ0) is 24.1. The minimum absolute atomic E-state index is 0.0142. The molecule has 0 bridgehead atoms. The fourth-order valence-electron chi connectivity index (χ4n) is 3.96. The van der Waals surface area contributed by atoms with Crippen LogP contribution in [0.2, 0.25) is 0 Å². The molecule has 10 nitrogen and oxygen atoms in total. The molecular weight excluding hydrogens is 483 g/mol. The Morgan fingerprint density at radius 3 is 2.74 bits per heavy atom. The molecule has 3 heterocycles. The van der Waals surface area contributed by atoms with Gasteiger partial charge in [0.1, 0.15) is 36.3 Å². The smallest absolute Gasteiger partial charge is 0.275 e. The number of amides is 3. The molecular formula is C21H22FN6O4S2+. The topological polar surface area (TPSA) is 117 Å². The average molecular weight is 506 g/mol. The fourth-order valence-corrected chi connectivity index (χ4v) is 6.14. The lowest BCUT2D eigenvalue weighted by Gasteiger charge is -2.26. The Kier molecular flexibility index (Phi) is 5.57. The van der Waals surface area contributed by atoms with Crippen LogP contribution in [0.1, 0.15) is 23.3 Å². The van der Waals surface area contributed by atoms with Crippen LogP contribution in [-0.2, 0) is 35.0 Å². The van der Waals surface area contributed by atoms with E-state index in [9.17, 15) is 22.4 Å². The van der Waals surface area contributed by atoms with E-state index in [-0.39, 0.29) is 18.7 Å². The van der Waals surface area contributed by atoms with Crippen LogP contribution in [0.25, 0.3) is 0 Å². The van der Waals surface area contributed by atoms with E-state index in [4.69, 9.17) is 0 Å². The highest BCUT2D eigenvalue weighted by Gasteiger charge is 2.49. The number of carbonyl (C=O) groups is 2. The van der Waals surface area contributed by atoms with E-state index < -0.39 is 39.4 Å². The van der Waals surface area contributed by atoms with Crippen molar-refractivity contribution in [2.24, 2.45) is 7.05 Å². The standard InChI is InChI=1S/C21H22FN6O4S2/c1-26-9-14(7-24-26)10-28-19(29)17-6-16(34(31,32)25-21(12-22)4-5-21)2-3-18(17)27(20(28)30)11-15-8-23-13-33-15/h2-3,6-9,13,16,25H,4-5,10-12H2,1H3/q+1. The quantitative estimate of drug-likeness (QED) is 0.540. The lowest BCUT2D eigenvalue weighted by molar-refractivity contribution is -0.452. The summed E-state index contributed by atoms with van der Waals surface area (Å²) in [6.07, 6.45) is 9.98. The van der Waals surface area contributed by atoms with Gasteiger partial charge in [-0.05, 0) is 25.0 Å². The number of nitrogens with one attached hydrogen (secondary N) is 1. The highest BCUT2D eigenvalue weighted by atomic mass is 32.2. The summed E-state index contributed by atoms with van der Waals surface area (Å²) in [5.74, 6) is -0.597. The van der Waals surface area contributed by atoms with Crippen molar-refractivity contribution in [2.45, 2.75) is 36.7 Å². The van der Waals surface area contributed by atoms with Crippen molar-refractivity contribution < 1.29 is 27.0 Å². The number of hydrogen-bond donors (Lipinski definition) is 1. The summed E-state index contributed by atoms with van der Waals surface area (Å²) in [4.78, 5) is 32.7. The van der Waals surface area contributed by atoms with Gasteiger partial charge in [-0.25, -0.2) is 22.3 Å². The molecule has 3 amide bonds. The Morgan fingerprint density at radius 1 is 1.32 bits per heavy atom. The fraction of sp³-hybridized carbons (Fsp3) is 0.381. The molecule has 3 aliphatic rings. The molecule has 2 aromatic rings. The first kappa shape index (κ1) is 22.7. The SMILES string of the molecule is Cn1cc(CN2C(=O)C3=CC(S(=O)(=O)NC4(CF)CC4)C=CC3=[N+](Cc3cncs3)C2=O)cn1. The molecule has 1 N–H and O–H groups in total. The number of rotatable bonds is 8. The highest BCUT2D eigenvalue weighted by molar-refractivity contribution is 7.90. The van der Waals surface area contributed by atoms with Gasteiger partial charge in [-0.2, -0.15) is 19.4 Å². The number of fused-ring (bicyclic) bond motifs is 1. The minimum atomic E-state index is -3.98. The van der Waals surface area contributed by atoms with Gasteiger partial charge in [0.25, 0.3) is 0 Å². The number of allylic oxidation sites excluding steroid dienone is 1. The van der Waals surface area contributed by atoms with Crippen molar-refractivity contribution in [3.05, 3.63) is 58.3 Å². The van der Waals surface area contributed by atoms with Crippen LogP contribution in [0.4, 0.5) is 9.18 Å². The van der Waals surface area contributed by atoms with Crippen molar-refractivity contribution in [3.8, 4) is 0 Å². The van der Waals surface area contributed by atoms with E-state index in [0.717, 1.165) is 9.78 Å². The molecule has 34 heavy (non-hydrogen) atoms. The number of nitrogens with zero attached hydrogens (tertiary/aromatic N) is 5. The van der Waals surface area contributed by atoms with E-state index in [1.807, 2.05) is 0 Å². The molecule has 0 aromatic carbocycles. The predicted molar refractivity (Wildman–Crippen MR) is 121 cm³/mol. The third kappa shape index (κ3) is 4.14. The summed E-state index contributed by atoms with van der Waals surface area (Å²) >= 11 is 1.37. The lowest BCUT2D eigenvalue weighted by Crippen LogP contribution is -2.51. The molecule has 1 saturated carbocycles. The molecule has 1 aliphatic heterocycles. The number of alkyl halides is 1. The zero-order valence-corrected chi connectivity index (χ0v) is 19.9. The highest BCUT2D eigenvalue weighted by Crippen LogP contribution is 2.37. The van der Waals surface area contributed by atoms with Gasteiger partial charge in [0, 0.05) is 25.0 Å². The van der Waals surface area contributed by atoms with Crippen molar-refractivity contribution in [1.29, 1.82) is 0 Å². The summed E-state index contributed by atoms with van der Waals surface area (Å²) in [5, 5.41) is 2.92. The normalized spacial score (nSPS) is 21.6. The average Bonchev–Trinajstić information content (AvgIpc) is 3.17. The number of halogens is 1. The van der Waals surface area contributed by atoms with Crippen LogP contribution >= 0.6 is 11.3 Å². The van der Waals surface area contributed by atoms with Gasteiger partial charge in [-0.1, -0.05) is 6.08 Å². The van der Waals surface area contributed by atoms with Crippen LogP contribution in [-0.4, -0.2) is 67.8 Å². The van der Waals surface area contributed by atoms with Gasteiger partial charge in [-0.15, -0.1) is 11.3 Å². The van der Waals surface area contributed by atoms with Gasteiger partial charge in [0.15, 0.2) is 0 Å². The second-order valence-electron chi connectivity index (χ2n) is 8.60. The Labute approximate surface area is 199 Å². The Hall–Kier alpha value is -3.03. The van der Waals surface area contributed by atoms with Crippen molar-refractivity contribution >= 4 is 39.0 Å². The van der Waals surface area contributed by atoms with Crippen LogP contribution < -0.4 is 4.72 Å². The molecule has 0 spiro atoms. The number of aryl methyl sites for hydroxylation is 1. The zero-order valence-electron chi connectivity index (χ0n) is 18.2. The number of thiazole rings is 1. The maximum Gasteiger partial charge on any atom is 0.502 e. The molecule has 1 fully saturated rings. The largest absolute Gasteiger partial charge is 0.502 e. The van der Waals surface area contributed by atoms with Gasteiger partial charge >= 0.3 is 11.9 Å². The van der Waals surface area contributed by atoms with Crippen LogP contribution in [0.15, 0.2) is 47.9 Å². The molecule has 0 radical (unpaired) electrons. The summed E-state index contributed by atoms with van der Waals surface area (Å²) in [5.41, 5.74) is 1.68. The summed E-state index contributed by atoms with van der Waals surface area (Å²) < 4.78 is 44.7. The lowest BCUT2D eigenvalue weighted by atomic mass is 9.99.